The first kappa shape index (κ1) is 12.0. The second-order valence-corrected chi connectivity index (χ2v) is 5.37. The molecule has 1 aromatic carbocycles. The first-order valence-corrected chi connectivity index (χ1v) is 6.62. The summed E-state index contributed by atoms with van der Waals surface area (Å²) in [5, 5.41) is 12.3. The molecule has 0 spiro atoms. The van der Waals surface area contributed by atoms with Crippen LogP contribution in [0.3, 0.4) is 0 Å². The van der Waals surface area contributed by atoms with Gasteiger partial charge in [-0.1, -0.05) is 0 Å². The molecule has 1 saturated carbocycles. The summed E-state index contributed by atoms with van der Waals surface area (Å²) in [6.45, 7) is 0. The summed E-state index contributed by atoms with van der Waals surface area (Å²) in [4.78, 5) is 11.9. The van der Waals surface area contributed by atoms with Gasteiger partial charge in [-0.25, -0.2) is 4.68 Å². The van der Waals surface area contributed by atoms with Crippen LogP contribution in [0.25, 0.3) is 0 Å². The number of nitrogen functional groups attached to an aromatic ring is 1. The van der Waals surface area contributed by atoms with Crippen LogP contribution in [0, 0.1) is 0 Å². The summed E-state index contributed by atoms with van der Waals surface area (Å²) >= 11 is 1.34. The summed E-state index contributed by atoms with van der Waals surface area (Å²) in [7, 11) is 0. The van der Waals surface area contributed by atoms with Gasteiger partial charge in [0.15, 0.2) is 0 Å². The Morgan fingerprint density at radius 1 is 1.42 bits per heavy atom. The maximum absolute atomic E-state index is 11.2. The molecule has 2 aromatic rings. The Labute approximate surface area is 113 Å². The van der Waals surface area contributed by atoms with Gasteiger partial charge in [-0.2, -0.15) is 0 Å². The van der Waals surface area contributed by atoms with Crippen molar-refractivity contribution in [1.29, 1.82) is 0 Å². The quantitative estimate of drug-likeness (QED) is 0.800. The molecule has 1 aromatic heterocycles. The maximum Gasteiger partial charge on any atom is 0.248 e. The van der Waals surface area contributed by atoms with Crippen molar-refractivity contribution in [3.8, 4) is 0 Å². The first-order chi connectivity index (χ1) is 9.15. The highest BCUT2D eigenvalue weighted by Crippen LogP contribution is 2.39. The number of nitrogens with two attached hydrogens (primary N) is 2. The van der Waals surface area contributed by atoms with Crippen molar-refractivity contribution in [1.82, 2.24) is 20.2 Å². The Balaban J connectivity index is 1.91. The Morgan fingerprint density at radius 3 is 2.89 bits per heavy atom. The summed E-state index contributed by atoms with van der Waals surface area (Å²) in [6, 6.07) is 5.31. The average Bonchev–Trinajstić information content (AvgIpc) is 3.12. The summed E-state index contributed by atoms with van der Waals surface area (Å²) < 4.78 is 1.79. The molecule has 0 atom stereocenters. The lowest BCUT2D eigenvalue weighted by molar-refractivity contribution is 0.1000. The molecule has 1 aliphatic carbocycles. The molecule has 1 amide bonds. The van der Waals surface area contributed by atoms with E-state index in [1.165, 1.54) is 11.8 Å². The van der Waals surface area contributed by atoms with Crippen molar-refractivity contribution >= 4 is 23.4 Å². The minimum absolute atomic E-state index is 0.387. The van der Waals surface area contributed by atoms with E-state index in [0.717, 1.165) is 17.7 Å². The van der Waals surface area contributed by atoms with Crippen molar-refractivity contribution in [3.05, 3.63) is 23.8 Å². The van der Waals surface area contributed by atoms with E-state index in [1.807, 2.05) is 0 Å². The Kier molecular flexibility index (Phi) is 2.86. The van der Waals surface area contributed by atoms with Gasteiger partial charge in [0, 0.05) is 16.1 Å². The molecular formula is C11H12N6OS. The highest BCUT2D eigenvalue weighted by Gasteiger charge is 2.28. The zero-order chi connectivity index (χ0) is 13.4. The van der Waals surface area contributed by atoms with Crippen LogP contribution in [-0.2, 0) is 0 Å². The summed E-state index contributed by atoms with van der Waals surface area (Å²) in [5.41, 5.74) is 12.1. The molecule has 1 heterocycles. The number of carbonyl (C=O) groups excluding carboxylic acids is 1. The number of hydrogen-bond donors (Lipinski definition) is 2. The Bertz CT molecular complexity index is 636. The second kappa shape index (κ2) is 4.54. The molecule has 98 valence electrons. The van der Waals surface area contributed by atoms with E-state index in [9.17, 15) is 4.79 Å². The topological polar surface area (TPSA) is 113 Å². The van der Waals surface area contributed by atoms with Gasteiger partial charge in [-0.15, -0.1) is 5.10 Å². The van der Waals surface area contributed by atoms with Gasteiger partial charge in [-0.3, -0.25) is 4.79 Å². The number of hydrogen-bond acceptors (Lipinski definition) is 6. The zero-order valence-corrected chi connectivity index (χ0v) is 10.8. The van der Waals surface area contributed by atoms with E-state index in [0.29, 0.717) is 22.4 Å². The lowest BCUT2D eigenvalue weighted by Gasteiger charge is -2.06. The number of tetrazole rings is 1. The normalized spacial score (nSPS) is 14.5. The molecule has 7 nitrogen and oxygen atoms in total. The molecule has 19 heavy (non-hydrogen) atoms. The predicted octanol–water partition coefficient (Wildman–Crippen LogP) is 0.840. The van der Waals surface area contributed by atoms with Gasteiger partial charge >= 0.3 is 0 Å². The lowest BCUT2D eigenvalue weighted by atomic mass is 10.2. The van der Waals surface area contributed by atoms with Gasteiger partial charge in [0.25, 0.3) is 0 Å². The van der Waals surface area contributed by atoms with Crippen molar-refractivity contribution in [2.24, 2.45) is 5.73 Å². The van der Waals surface area contributed by atoms with Gasteiger partial charge < -0.3 is 11.5 Å². The van der Waals surface area contributed by atoms with E-state index >= 15 is 0 Å². The number of primary amides is 1. The maximum atomic E-state index is 11.2. The number of carbonyl (C=O) groups is 1. The predicted molar refractivity (Wildman–Crippen MR) is 69.6 cm³/mol. The fourth-order valence-corrected chi connectivity index (χ4v) is 2.60. The third-order valence-corrected chi connectivity index (χ3v) is 3.88. The third-order valence-electron chi connectivity index (χ3n) is 2.85. The van der Waals surface area contributed by atoms with Gasteiger partial charge in [0.2, 0.25) is 11.1 Å². The highest BCUT2D eigenvalue weighted by molar-refractivity contribution is 7.99. The van der Waals surface area contributed by atoms with E-state index in [1.54, 1.807) is 22.9 Å². The van der Waals surface area contributed by atoms with Crippen LogP contribution in [0.5, 0.6) is 0 Å². The van der Waals surface area contributed by atoms with E-state index in [4.69, 9.17) is 11.5 Å². The SMILES string of the molecule is NC(=O)c1ccc(N)c(Sc2nnnn2C2CC2)c1. The smallest absolute Gasteiger partial charge is 0.248 e. The molecule has 8 heteroatoms. The van der Waals surface area contributed by atoms with Crippen LogP contribution in [0.1, 0.15) is 29.2 Å². The van der Waals surface area contributed by atoms with Crippen LogP contribution in [0.2, 0.25) is 0 Å². The standard InChI is InChI=1S/C11H12N6OS/c12-8-4-1-6(10(13)18)5-9(8)19-11-14-15-16-17(11)7-2-3-7/h1,4-5,7H,2-3,12H2,(H2,13,18). The van der Waals surface area contributed by atoms with E-state index < -0.39 is 5.91 Å². The van der Waals surface area contributed by atoms with Gasteiger partial charge in [0.05, 0.1) is 6.04 Å². The molecule has 0 saturated heterocycles. The van der Waals surface area contributed by atoms with Crippen molar-refractivity contribution in [2.45, 2.75) is 28.9 Å². The minimum Gasteiger partial charge on any atom is -0.398 e. The minimum atomic E-state index is -0.483. The van der Waals surface area contributed by atoms with Crippen LogP contribution in [0.15, 0.2) is 28.3 Å². The van der Waals surface area contributed by atoms with Gasteiger partial charge in [0.1, 0.15) is 0 Å². The number of amides is 1. The van der Waals surface area contributed by atoms with Crippen LogP contribution in [-0.4, -0.2) is 26.1 Å². The number of anilines is 1. The van der Waals surface area contributed by atoms with Crippen molar-refractivity contribution in [3.63, 3.8) is 0 Å². The molecular weight excluding hydrogens is 264 g/mol. The van der Waals surface area contributed by atoms with E-state index in [-0.39, 0.29) is 0 Å². The van der Waals surface area contributed by atoms with Crippen LogP contribution >= 0.6 is 11.8 Å². The molecule has 0 unspecified atom stereocenters. The molecule has 1 fully saturated rings. The van der Waals surface area contributed by atoms with Crippen LogP contribution in [0.4, 0.5) is 5.69 Å². The second-order valence-electron chi connectivity index (χ2n) is 4.36. The largest absolute Gasteiger partial charge is 0.398 e. The molecule has 0 aliphatic heterocycles. The fourth-order valence-electron chi connectivity index (χ4n) is 1.68. The first-order valence-electron chi connectivity index (χ1n) is 5.80. The molecule has 0 bridgehead atoms. The number of nitrogens with zero attached hydrogens (tertiary/aromatic N) is 4. The molecule has 4 N–H and O–H groups in total. The Hall–Kier alpha value is -2.09. The molecule has 0 radical (unpaired) electrons. The number of benzene rings is 1. The van der Waals surface area contributed by atoms with Crippen molar-refractivity contribution < 1.29 is 4.79 Å². The average molecular weight is 276 g/mol. The number of rotatable bonds is 4. The monoisotopic (exact) mass is 276 g/mol. The van der Waals surface area contributed by atoms with Crippen molar-refractivity contribution in [2.75, 3.05) is 5.73 Å². The number of aromatic nitrogens is 4. The lowest BCUT2D eigenvalue weighted by Crippen LogP contribution is -2.11. The third kappa shape index (κ3) is 2.39. The fraction of sp³-hybridized carbons (Fsp3) is 0.273. The van der Waals surface area contributed by atoms with E-state index in [2.05, 4.69) is 15.5 Å². The highest BCUT2D eigenvalue weighted by atomic mass is 32.2. The zero-order valence-electron chi connectivity index (χ0n) is 9.98. The summed E-state index contributed by atoms with van der Waals surface area (Å²) in [5.74, 6) is -0.483. The molecule has 1 aliphatic rings. The van der Waals surface area contributed by atoms with Gasteiger partial charge in [-0.05, 0) is 53.2 Å². The molecule has 3 rings (SSSR count). The Morgan fingerprint density at radius 2 is 2.21 bits per heavy atom. The summed E-state index contributed by atoms with van der Waals surface area (Å²) in [6.07, 6.45) is 2.19. The van der Waals surface area contributed by atoms with Crippen LogP contribution < -0.4 is 11.5 Å².